The molecule has 0 heterocycles. The number of benzene rings is 1. The molecule has 23 heavy (non-hydrogen) atoms. The number of urea groups is 1. The molecule has 0 saturated heterocycles. The Balaban J connectivity index is 2.60. The standard InChI is InChI=1S/C16H22N2O5/c1-10(2)17-16(21)18-14(19)11(3)23-15(20)13-7-5-6-12(8-13)9-22-4/h5-8,10-11H,9H2,1-4H3,(H2,17,18,19,21)/t11-/m1/s1. The number of hydrogen-bond donors (Lipinski definition) is 2. The van der Waals surface area contributed by atoms with Crippen LogP contribution in [0.4, 0.5) is 4.79 Å². The van der Waals surface area contributed by atoms with Gasteiger partial charge in [-0.25, -0.2) is 9.59 Å². The number of hydrogen-bond acceptors (Lipinski definition) is 5. The van der Waals surface area contributed by atoms with Crippen molar-refractivity contribution in [1.82, 2.24) is 10.6 Å². The molecule has 7 nitrogen and oxygen atoms in total. The number of nitrogens with one attached hydrogen (secondary N) is 2. The number of amides is 3. The molecule has 1 atom stereocenters. The molecular weight excluding hydrogens is 300 g/mol. The van der Waals surface area contributed by atoms with E-state index < -0.39 is 24.0 Å². The molecule has 0 aliphatic heterocycles. The van der Waals surface area contributed by atoms with Gasteiger partial charge in [-0.05, 0) is 38.5 Å². The Hall–Kier alpha value is -2.41. The van der Waals surface area contributed by atoms with E-state index in [1.165, 1.54) is 6.92 Å². The van der Waals surface area contributed by atoms with E-state index in [-0.39, 0.29) is 6.04 Å². The molecule has 0 aliphatic carbocycles. The summed E-state index contributed by atoms with van der Waals surface area (Å²) in [5, 5.41) is 4.62. The van der Waals surface area contributed by atoms with Crippen LogP contribution in [0.2, 0.25) is 0 Å². The third-order valence-electron chi connectivity index (χ3n) is 2.78. The SMILES string of the molecule is COCc1cccc(C(=O)O[C@H](C)C(=O)NC(=O)NC(C)C)c1. The first kappa shape index (κ1) is 18.6. The van der Waals surface area contributed by atoms with Gasteiger partial charge in [0.05, 0.1) is 12.2 Å². The summed E-state index contributed by atoms with van der Waals surface area (Å²) < 4.78 is 10.1. The molecule has 3 amide bonds. The summed E-state index contributed by atoms with van der Waals surface area (Å²) in [6.07, 6.45) is -1.09. The average molecular weight is 322 g/mol. The minimum Gasteiger partial charge on any atom is -0.449 e. The molecule has 0 aliphatic rings. The molecule has 0 unspecified atom stereocenters. The maximum atomic E-state index is 12.0. The van der Waals surface area contributed by atoms with E-state index in [2.05, 4.69) is 10.6 Å². The van der Waals surface area contributed by atoms with Crippen LogP contribution in [0, 0.1) is 0 Å². The van der Waals surface area contributed by atoms with Gasteiger partial charge < -0.3 is 14.8 Å². The van der Waals surface area contributed by atoms with Crippen LogP contribution in [0.5, 0.6) is 0 Å². The normalized spacial score (nSPS) is 11.7. The Morgan fingerprint density at radius 3 is 2.48 bits per heavy atom. The fourth-order valence-corrected chi connectivity index (χ4v) is 1.75. The number of carbonyl (C=O) groups excluding carboxylic acids is 3. The van der Waals surface area contributed by atoms with Gasteiger partial charge in [-0.1, -0.05) is 12.1 Å². The maximum Gasteiger partial charge on any atom is 0.338 e. The molecular formula is C16H22N2O5. The van der Waals surface area contributed by atoms with Gasteiger partial charge in [0, 0.05) is 13.2 Å². The van der Waals surface area contributed by atoms with Crippen LogP contribution in [0.1, 0.15) is 36.7 Å². The summed E-state index contributed by atoms with van der Waals surface area (Å²) in [5.41, 5.74) is 1.13. The first-order valence-corrected chi connectivity index (χ1v) is 7.23. The molecule has 1 aromatic carbocycles. The largest absolute Gasteiger partial charge is 0.449 e. The molecule has 0 saturated carbocycles. The average Bonchev–Trinajstić information content (AvgIpc) is 2.46. The number of rotatable bonds is 6. The van der Waals surface area contributed by atoms with E-state index in [4.69, 9.17) is 9.47 Å². The fourth-order valence-electron chi connectivity index (χ4n) is 1.75. The highest BCUT2D eigenvalue weighted by Crippen LogP contribution is 2.09. The van der Waals surface area contributed by atoms with Crippen LogP contribution >= 0.6 is 0 Å². The molecule has 0 fully saturated rings. The number of methoxy groups -OCH3 is 1. The van der Waals surface area contributed by atoms with E-state index in [0.717, 1.165) is 5.56 Å². The van der Waals surface area contributed by atoms with Crippen molar-refractivity contribution in [2.45, 2.75) is 39.5 Å². The van der Waals surface area contributed by atoms with Gasteiger partial charge in [0.2, 0.25) is 0 Å². The summed E-state index contributed by atoms with van der Waals surface area (Å²) in [5.74, 6) is -1.33. The number of imide groups is 1. The Bertz CT molecular complexity index is 571. The summed E-state index contributed by atoms with van der Waals surface area (Å²) in [7, 11) is 1.56. The predicted molar refractivity (Wildman–Crippen MR) is 83.8 cm³/mol. The van der Waals surface area contributed by atoms with Crippen LogP contribution in [0.15, 0.2) is 24.3 Å². The quantitative estimate of drug-likeness (QED) is 0.776. The predicted octanol–water partition coefficient (Wildman–Crippen LogP) is 1.61. The van der Waals surface area contributed by atoms with Gasteiger partial charge in [0.25, 0.3) is 5.91 Å². The van der Waals surface area contributed by atoms with Crippen LogP contribution in [-0.2, 0) is 20.9 Å². The second-order valence-corrected chi connectivity index (χ2v) is 5.30. The lowest BCUT2D eigenvalue weighted by molar-refractivity contribution is -0.127. The van der Waals surface area contributed by atoms with Crippen LogP contribution < -0.4 is 10.6 Å². The second kappa shape index (κ2) is 8.89. The zero-order chi connectivity index (χ0) is 17.4. The minimum absolute atomic E-state index is 0.107. The molecule has 7 heteroatoms. The molecule has 1 aromatic rings. The summed E-state index contributed by atoms with van der Waals surface area (Å²) in [4.78, 5) is 35.3. The van der Waals surface area contributed by atoms with Gasteiger partial charge in [-0.2, -0.15) is 0 Å². The second-order valence-electron chi connectivity index (χ2n) is 5.30. The Morgan fingerprint density at radius 2 is 1.87 bits per heavy atom. The molecule has 0 radical (unpaired) electrons. The zero-order valence-corrected chi connectivity index (χ0v) is 13.7. The first-order chi connectivity index (χ1) is 10.8. The fraction of sp³-hybridized carbons (Fsp3) is 0.438. The van der Waals surface area contributed by atoms with Crippen molar-refractivity contribution < 1.29 is 23.9 Å². The topological polar surface area (TPSA) is 93.7 Å². The van der Waals surface area contributed by atoms with Crippen molar-refractivity contribution in [3.05, 3.63) is 35.4 Å². The summed E-state index contributed by atoms with van der Waals surface area (Å²) in [6, 6.07) is 5.98. The molecule has 1 rings (SSSR count). The first-order valence-electron chi connectivity index (χ1n) is 7.23. The number of ether oxygens (including phenoxy) is 2. The third-order valence-corrected chi connectivity index (χ3v) is 2.78. The Kier molecular flexibility index (Phi) is 7.21. The smallest absolute Gasteiger partial charge is 0.338 e. The molecule has 0 bridgehead atoms. The van der Waals surface area contributed by atoms with E-state index >= 15 is 0 Å². The maximum absolute atomic E-state index is 12.0. The van der Waals surface area contributed by atoms with Gasteiger partial charge in [-0.3, -0.25) is 10.1 Å². The molecule has 126 valence electrons. The molecule has 2 N–H and O–H groups in total. The van der Waals surface area contributed by atoms with Gasteiger partial charge in [-0.15, -0.1) is 0 Å². The molecule has 0 spiro atoms. The van der Waals surface area contributed by atoms with E-state index in [1.807, 2.05) is 6.07 Å². The van der Waals surface area contributed by atoms with Crippen molar-refractivity contribution >= 4 is 17.9 Å². The molecule has 0 aromatic heterocycles. The Labute approximate surface area is 135 Å². The van der Waals surface area contributed by atoms with Crippen molar-refractivity contribution in [3.63, 3.8) is 0 Å². The van der Waals surface area contributed by atoms with Crippen molar-refractivity contribution in [3.8, 4) is 0 Å². The van der Waals surface area contributed by atoms with Crippen molar-refractivity contribution in [2.24, 2.45) is 0 Å². The highest BCUT2D eigenvalue weighted by Gasteiger charge is 2.21. The summed E-state index contributed by atoms with van der Waals surface area (Å²) in [6.45, 7) is 5.29. The van der Waals surface area contributed by atoms with E-state index in [9.17, 15) is 14.4 Å². The van der Waals surface area contributed by atoms with Crippen LogP contribution in [0.3, 0.4) is 0 Å². The van der Waals surface area contributed by atoms with Crippen LogP contribution in [-0.4, -0.2) is 37.2 Å². The summed E-state index contributed by atoms with van der Waals surface area (Å²) >= 11 is 0. The zero-order valence-electron chi connectivity index (χ0n) is 13.7. The monoisotopic (exact) mass is 322 g/mol. The van der Waals surface area contributed by atoms with Gasteiger partial charge in [0.1, 0.15) is 0 Å². The number of carbonyl (C=O) groups is 3. The lowest BCUT2D eigenvalue weighted by Gasteiger charge is -2.14. The lowest BCUT2D eigenvalue weighted by atomic mass is 10.1. The van der Waals surface area contributed by atoms with Gasteiger partial charge >= 0.3 is 12.0 Å². The lowest BCUT2D eigenvalue weighted by Crippen LogP contribution is -2.46. The van der Waals surface area contributed by atoms with Crippen molar-refractivity contribution in [2.75, 3.05) is 7.11 Å². The number of esters is 1. The van der Waals surface area contributed by atoms with E-state index in [0.29, 0.717) is 12.2 Å². The van der Waals surface area contributed by atoms with Crippen LogP contribution in [0.25, 0.3) is 0 Å². The highest BCUT2D eigenvalue weighted by atomic mass is 16.5. The van der Waals surface area contributed by atoms with E-state index in [1.54, 1.807) is 39.2 Å². The Morgan fingerprint density at radius 1 is 1.17 bits per heavy atom. The van der Waals surface area contributed by atoms with Gasteiger partial charge in [0.15, 0.2) is 6.10 Å². The highest BCUT2D eigenvalue weighted by molar-refractivity contribution is 5.98. The van der Waals surface area contributed by atoms with Crippen molar-refractivity contribution in [1.29, 1.82) is 0 Å². The minimum atomic E-state index is -1.09. The third kappa shape index (κ3) is 6.48.